The first-order valence-electron chi connectivity index (χ1n) is 10.8. The Morgan fingerprint density at radius 3 is 2.76 bits per heavy atom. The Kier molecular flexibility index (Phi) is 5.89. The maximum Gasteiger partial charge on any atom is 0.225 e. The molecule has 6 heteroatoms. The third-order valence-corrected chi connectivity index (χ3v) is 6.56. The molecule has 2 heterocycles. The quantitative estimate of drug-likeness (QED) is 0.821. The largest absolute Gasteiger partial charge is 0.370 e. The van der Waals surface area contributed by atoms with Crippen molar-refractivity contribution in [2.24, 2.45) is 11.8 Å². The summed E-state index contributed by atoms with van der Waals surface area (Å²) in [6.07, 6.45) is 4.76. The van der Waals surface area contributed by atoms with Gasteiger partial charge in [0, 0.05) is 50.2 Å². The number of anilines is 1. The Hall–Kier alpha value is -2.36. The van der Waals surface area contributed by atoms with Crippen LogP contribution < -0.4 is 5.32 Å². The van der Waals surface area contributed by atoms with Gasteiger partial charge in [-0.05, 0) is 54.5 Å². The molecule has 3 unspecified atom stereocenters. The minimum Gasteiger partial charge on any atom is -0.370 e. The molecule has 1 saturated carbocycles. The zero-order valence-corrected chi connectivity index (χ0v) is 17.1. The van der Waals surface area contributed by atoms with E-state index in [0.29, 0.717) is 0 Å². The van der Waals surface area contributed by atoms with Crippen molar-refractivity contribution in [2.45, 2.75) is 45.4 Å². The maximum absolute atomic E-state index is 12.7. The van der Waals surface area contributed by atoms with E-state index in [9.17, 15) is 9.90 Å². The van der Waals surface area contributed by atoms with E-state index < -0.39 is 6.23 Å². The number of nitriles is 1. The van der Waals surface area contributed by atoms with Crippen LogP contribution in [0.3, 0.4) is 0 Å². The number of nitrogens with zero attached hydrogens (tertiary/aromatic N) is 3. The summed E-state index contributed by atoms with van der Waals surface area (Å²) in [6, 6.07) is 8.71. The van der Waals surface area contributed by atoms with Gasteiger partial charge in [-0.25, -0.2) is 0 Å². The first kappa shape index (κ1) is 19.9. The summed E-state index contributed by atoms with van der Waals surface area (Å²) in [7, 11) is 0. The fourth-order valence-electron chi connectivity index (χ4n) is 4.73. The van der Waals surface area contributed by atoms with E-state index >= 15 is 0 Å². The second-order valence-electron chi connectivity index (χ2n) is 8.48. The van der Waals surface area contributed by atoms with Crippen molar-refractivity contribution in [2.75, 3.05) is 31.5 Å². The predicted molar refractivity (Wildman–Crippen MR) is 113 cm³/mol. The molecule has 3 aliphatic rings. The molecule has 1 aromatic carbocycles. The lowest BCUT2D eigenvalue weighted by atomic mass is 9.99. The minimum absolute atomic E-state index is 0.0467. The summed E-state index contributed by atoms with van der Waals surface area (Å²) in [6.45, 7) is 6.15. The van der Waals surface area contributed by atoms with Crippen LogP contribution in [0.2, 0.25) is 0 Å². The van der Waals surface area contributed by atoms with Gasteiger partial charge >= 0.3 is 0 Å². The lowest BCUT2D eigenvalue weighted by molar-refractivity contribution is -0.137. The van der Waals surface area contributed by atoms with Gasteiger partial charge < -0.3 is 15.3 Å². The van der Waals surface area contributed by atoms with Crippen molar-refractivity contribution < 1.29 is 9.90 Å². The topological polar surface area (TPSA) is 79.6 Å². The molecule has 0 bridgehead atoms. The molecule has 6 nitrogen and oxygen atoms in total. The summed E-state index contributed by atoms with van der Waals surface area (Å²) in [5, 5.41) is 22.4. The number of rotatable bonds is 4. The van der Waals surface area contributed by atoms with Crippen LogP contribution >= 0.6 is 0 Å². The van der Waals surface area contributed by atoms with Crippen LogP contribution in [0.4, 0.5) is 5.69 Å². The highest BCUT2D eigenvalue weighted by molar-refractivity contribution is 5.79. The third kappa shape index (κ3) is 4.31. The molecule has 4 rings (SSSR count). The highest BCUT2D eigenvalue weighted by Gasteiger charge is 2.33. The van der Waals surface area contributed by atoms with E-state index in [1.807, 2.05) is 4.90 Å². The van der Waals surface area contributed by atoms with Crippen LogP contribution in [0.25, 0.3) is 6.08 Å². The van der Waals surface area contributed by atoms with E-state index in [2.05, 4.69) is 47.5 Å². The molecular weight excluding hydrogens is 364 g/mol. The standard InChI is InChI=1S/C23H30N4O2/c1-2-18-13-19-5-4-17(12-21(19)25-22(18)28)15-26-7-9-27(10-8-26)23(29)20-6-3-16(11-20)14-24/h4-5,12-13,16,20,22,25,28H,2-3,6-11,15H2,1H3. The minimum atomic E-state index is -0.603. The molecule has 1 aromatic rings. The fraction of sp³-hybridized carbons (Fsp3) is 0.565. The number of carbonyl (C=O) groups excluding carboxylic acids is 1. The second kappa shape index (κ2) is 8.56. The summed E-state index contributed by atoms with van der Waals surface area (Å²) in [4.78, 5) is 17.1. The first-order chi connectivity index (χ1) is 14.1. The summed E-state index contributed by atoms with van der Waals surface area (Å²) in [5.41, 5.74) is 4.33. The molecule has 154 valence electrons. The van der Waals surface area contributed by atoms with Crippen molar-refractivity contribution in [3.05, 3.63) is 34.9 Å². The number of nitrogens with one attached hydrogen (secondary N) is 1. The van der Waals surface area contributed by atoms with E-state index in [1.54, 1.807) is 0 Å². The van der Waals surface area contributed by atoms with Crippen LogP contribution in [0.15, 0.2) is 23.8 Å². The fourth-order valence-corrected chi connectivity index (χ4v) is 4.73. The molecule has 2 aliphatic heterocycles. The monoisotopic (exact) mass is 394 g/mol. The van der Waals surface area contributed by atoms with Crippen LogP contribution in [0.5, 0.6) is 0 Å². The second-order valence-corrected chi connectivity index (χ2v) is 8.48. The van der Waals surface area contributed by atoms with Gasteiger partial charge in [0.2, 0.25) is 5.91 Å². The number of hydrogen-bond acceptors (Lipinski definition) is 5. The van der Waals surface area contributed by atoms with Crippen LogP contribution in [-0.4, -0.2) is 53.2 Å². The SMILES string of the molecule is CCC1=Cc2ccc(CN3CCN(C(=O)C4CCC(C#N)C4)CC3)cc2NC1O. The number of carbonyl (C=O) groups is 1. The molecule has 1 saturated heterocycles. The van der Waals surface area contributed by atoms with E-state index in [-0.39, 0.29) is 17.7 Å². The van der Waals surface area contributed by atoms with Gasteiger partial charge in [-0.2, -0.15) is 5.26 Å². The number of aliphatic hydroxyl groups is 1. The molecular formula is C23H30N4O2. The lowest BCUT2D eigenvalue weighted by Gasteiger charge is -2.36. The summed E-state index contributed by atoms with van der Waals surface area (Å²) >= 11 is 0. The zero-order chi connectivity index (χ0) is 20.4. The van der Waals surface area contributed by atoms with Crippen LogP contribution in [0, 0.1) is 23.2 Å². The smallest absolute Gasteiger partial charge is 0.225 e. The molecule has 3 atom stereocenters. The Bertz CT molecular complexity index is 836. The Labute approximate surface area is 172 Å². The molecule has 2 fully saturated rings. The Morgan fingerprint density at radius 2 is 2.07 bits per heavy atom. The molecule has 29 heavy (non-hydrogen) atoms. The van der Waals surface area contributed by atoms with Crippen molar-refractivity contribution in [3.63, 3.8) is 0 Å². The van der Waals surface area contributed by atoms with E-state index in [0.717, 1.165) is 75.2 Å². The first-order valence-corrected chi connectivity index (χ1v) is 10.8. The number of piperazine rings is 1. The lowest BCUT2D eigenvalue weighted by Crippen LogP contribution is -2.49. The van der Waals surface area contributed by atoms with Gasteiger partial charge in [0.25, 0.3) is 0 Å². The van der Waals surface area contributed by atoms with Crippen LogP contribution in [0.1, 0.15) is 43.7 Å². The average Bonchev–Trinajstić information content (AvgIpc) is 3.22. The van der Waals surface area contributed by atoms with Gasteiger partial charge in [-0.15, -0.1) is 0 Å². The van der Waals surface area contributed by atoms with Crippen molar-refractivity contribution in [3.8, 4) is 6.07 Å². The number of aliphatic hydroxyl groups excluding tert-OH is 1. The van der Waals surface area contributed by atoms with Crippen LogP contribution in [-0.2, 0) is 11.3 Å². The van der Waals surface area contributed by atoms with E-state index in [4.69, 9.17) is 5.26 Å². The summed E-state index contributed by atoms with van der Waals surface area (Å²) < 4.78 is 0. The molecule has 2 N–H and O–H groups in total. The number of fused-ring (bicyclic) bond motifs is 1. The molecule has 0 spiro atoms. The molecule has 1 aliphatic carbocycles. The Balaban J connectivity index is 1.31. The normalized spacial score (nSPS) is 27.0. The highest BCUT2D eigenvalue weighted by Crippen LogP contribution is 2.32. The maximum atomic E-state index is 12.7. The van der Waals surface area contributed by atoms with E-state index in [1.165, 1.54) is 5.56 Å². The van der Waals surface area contributed by atoms with Gasteiger partial charge in [-0.3, -0.25) is 9.69 Å². The third-order valence-electron chi connectivity index (χ3n) is 6.56. The number of amides is 1. The number of hydrogen-bond donors (Lipinski definition) is 2. The summed E-state index contributed by atoms with van der Waals surface area (Å²) in [5.74, 6) is 0.350. The molecule has 0 radical (unpaired) electrons. The number of benzene rings is 1. The highest BCUT2D eigenvalue weighted by atomic mass is 16.3. The Morgan fingerprint density at radius 1 is 1.28 bits per heavy atom. The van der Waals surface area contributed by atoms with Gasteiger partial charge in [0.1, 0.15) is 6.23 Å². The zero-order valence-electron chi connectivity index (χ0n) is 17.1. The van der Waals surface area contributed by atoms with Crippen molar-refractivity contribution in [1.29, 1.82) is 5.26 Å². The van der Waals surface area contributed by atoms with Gasteiger partial charge in [0.05, 0.1) is 6.07 Å². The van der Waals surface area contributed by atoms with Gasteiger partial charge in [-0.1, -0.05) is 19.1 Å². The average molecular weight is 395 g/mol. The molecule has 1 amide bonds. The predicted octanol–water partition coefficient (Wildman–Crippen LogP) is 2.81. The van der Waals surface area contributed by atoms with Crippen molar-refractivity contribution >= 4 is 17.7 Å². The van der Waals surface area contributed by atoms with Gasteiger partial charge in [0.15, 0.2) is 0 Å². The van der Waals surface area contributed by atoms with Crippen molar-refractivity contribution in [1.82, 2.24) is 9.80 Å². The molecule has 0 aromatic heterocycles.